The molecule has 0 aliphatic carbocycles. The number of rotatable bonds is 6. The fraction of sp³-hybridized carbons (Fsp3) is 0.333. The third-order valence-electron chi connectivity index (χ3n) is 3.49. The number of methoxy groups -OCH3 is 2. The third kappa shape index (κ3) is 3.13. The summed E-state index contributed by atoms with van der Waals surface area (Å²) in [6, 6.07) is 14.5. The second kappa shape index (κ2) is 6.99. The average Bonchev–Trinajstić information content (AvgIpc) is 2.52. The lowest BCUT2D eigenvalue weighted by atomic mass is 10.00. The van der Waals surface area contributed by atoms with Crippen molar-refractivity contribution in [2.45, 2.75) is 26.2 Å². The van der Waals surface area contributed by atoms with Gasteiger partial charge in [0.25, 0.3) is 0 Å². The van der Waals surface area contributed by atoms with E-state index >= 15 is 0 Å². The highest BCUT2D eigenvalue weighted by Crippen LogP contribution is 2.38. The second-order valence-electron chi connectivity index (χ2n) is 4.84. The van der Waals surface area contributed by atoms with E-state index in [0.717, 1.165) is 29.0 Å². The first kappa shape index (κ1) is 14.4. The van der Waals surface area contributed by atoms with Crippen molar-refractivity contribution in [3.63, 3.8) is 0 Å². The van der Waals surface area contributed by atoms with Crippen LogP contribution < -0.4 is 9.47 Å². The lowest BCUT2D eigenvalue weighted by Gasteiger charge is -2.13. The lowest BCUT2D eigenvalue weighted by Crippen LogP contribution is -1.93. The van der Waals surface area contributed by atoms with E-state index in [1.165, 1.54) is 18.4 Å². The number of unbranched alkanes of at least 4 members (excludes halogenated alkanes) is 1. The van der Waals surface area contributed by atoms with Crippen LogP contribution in [0.4, 0.5) is 0 Å². The van der Waals surface area contributed by atoms with Crippen molar-refractivity contribution in [2.75, 3.05) is 14.2 Å². The van der Waals surface area contributed by atoms with Crippen LogP contribution in [0.2, 0.25) is 0 Å². The quantitative estimate of drug-likeness (QED) is 0.756. The smallest absolute Gasteiger partial charge is 0.130 e. The first-order chi connectivity index (χ1) is 9.80. The van der Waals surface area contributed by atoms with Gasteiger partial charge in [-0.15, -0.1) is 0 Å². The molecular weight excluding hydrogens is 248 g/mol. The summed E-state index contributed by atoms with van der Waals surface area (Å²) in [6.07, 6.45) is 3.60. The number of hydrogen-bond acceptors (Lipinski definition) is 2. The Morgan fingerprint density at radius 3 is 1.95 bits per heavy atom. The van der Waals surface area contributed by atoms with Gasteiger partial charge in [-0.05, 0) is 36.1 Å². The SMILES string of the molecule is CCCCc1ccc(-c2c(OC)cccc2OC)cc1. The Morgan fingerprint density at radius 2 is 1.45 bits per heavy atom. The zero-order chi connectivity index (χ0) is 14.4. The van der Waals surface area contributed by atoms with Gasteiger partial charge in [0.05, 0.1) is 19.8 Å². The number of ether oxygens (including phenoxy) is 2. The van der Waals surface area contributed by atoms with Crippen LogP contribution >= 0.6 is 0 Å². The molecule has 2 aromatic carbocycles. The monoisotopic (exact) mass is 270 g/mol. The Morgan fingerprint density at radius 1 is 0.850 bits per heavy atom. The van der Waals surface area contributed by atoms with E-state index < -0.39 is 0 Å². The first-order valence-electron chi connectivity index (χ1n) is 7.10. The lowest BCUT2D eigenvalue weighted by molar-refractivity contribution is 0.397. The molecule has 0 aliphatic heterocycles. The Labute approximate surface area is 121 Å². The second-order valence-corrected chi connectivity index (χ2v) is 4.84. The minimum atomic E-state index is 0.839. The van der Waals surface area contributed by atoms with Gasteiger partial charge in [-0.25, -0.2) is 0 Å². The van der Waals surface area contributed by atoms with Crippen molar-refractivity contribution < 1.29 is 9.47 Å². The van der Waals surface area contributed by atoms with E-state index in [4.69, 9.17) is 9.47 Å². The highest BCUT2D eigenvalue weighted by molar-refractivity contribution is 5.77. The van der Waals surface area contributed by atoms with Gasteiger partial charge in [0, 0.05) is 0 Å². The van der Waals surface area contributed by atoms with Gasteiger partial charge >= 0.3 is 0 Å². The highest BCUT2D eigenvalue weighted by atomic mass is 16.5. The molecular formula is C18H22O2. The van der Waals surface area contributed by atoms with Crippen molar-refractivity contribution in [1.82, 2.24) is 0 Å². The number of benzene rings is 2. The zero-order valence-corrected chi connectivity index (χ0v) is 12.5. The standard InChI is InChI=1S/C18H22O2/c1-4-5-7-14-10-12-15(13-11-14)18-16(19-2)8-6-9-17(18)20-3/h6,8-13H,4-5,7H2,1-3H3. The third-order valence-corrected chi connectivity index (χ3v) is 3.49. The molecule has 0 heterocycles. The summed E-state index contributed by atoms with van der Waals surface area (Å²) >= 11 is 0. The maximum atomic E-state index is 5.46. The van der Waals surface area contributed by atoms with Crippen LogP contribution in [0.1, 0.15) is 25.3 Å². The van der Waals surface area contributed by atoms with E-state index in [-0.39, 0.29) is 0 Å². The fourth-order valence-corrected chi connectivity index (χ4v) is 2.35. The maximum absolute atomic E-state index is 5.46. The molecule has 0 saturated carbocycles. The van der Waals surface area contributed by atoms with E-state index in [1.54, 1.807) is 14.2 Å². The van der Waals surface area contributed by atoms with Gasteiger partial charge in [0.1, 0.15) is 11.5 Å². The van der Waals surface area contributed by atoms with Crippen LogP contribution in [0.5, 0.6) is 11.5 Å². The van der Waals surface area contributed by atoms with Crippen LogP contribution in [-0.2, 0) is 6.42 Å². The highest BCUT2D eigenvalue weighted by Gasteiger charge is 2.11. The predicted octanol–water partition coefficient (Wildman–Crippen LogP) is 4.71. The molecule has 2 rings (SSSR count). The molecule has 2 aromatic rings. The minimum absolute atomic E-state index is 0.839. The minimum Gasteiger partial charge on any atom is -0.496 e. The maximum Gasteiger partial charge on any atom is 0.130 e. The van der Waals surface area contributed by atoms with E-state index in [1.807, 2.05) is 18.2 Å². The summed E-state index contributed by atoms with van der Waals surface area (Å²) in [5.74, 6) is 1.68. The van der Waals surface area contributed by atoms with Crippen molar-refractivity contribution in [1.29, 1.82) is 0 Å². The first-order valence-corrected chi connectivity index (χ1v) is 7.10. The molecule has 2 nitrogen and oxygen atoms in total. The molecule has 0 saturated heterocycles. The van der Waals surface area contributed by atoms with Gasteiger partial charge in [-0.3, -0.25) is 0 Å². The van der Waals surface area contributed by atoms with Gasteiger partial charge < -0.3 is 9.47 Å². The van der Waals surface area contributed by atoms with Crippen molar-refractivity contribution in [2.24, 2.45) is 0 Å². The summed E-state index contributed by atoms with van der Waals surface area (Å²) in [4.78, 5) is 0. The van der Waals surface area contributed by atoms with E-state index in [0.29, 0.717) is 0 Å². The molecule has 0 aromatic heterocycles. The summed E-state index contributed by atoms with van der Waals surface area (Å²) in [6.45, 7) is 2.22. The molecule has 0 aliphatic rings. The predicted molar refractivity (Wildman–Crippen MR) is 83.6 cm³/mol. The molecule has 106 valence electrons. The summed E-state index contributed by atoms with van der Waals surface area (Å²) < 4.78 is 10.9. The largest absolute Gasteiger partial charge is 0.496 e. The number of aryl methyl sites for hydroxylation is 1. The molecule has 0 unspecified atom stereocenters. The zero-order valence-electron chi connectivity index (χ0n) is 12.5. The summed E-state index contributed by atoms with van der Waals surface area (Å²) in [5, 5.41) is 0. The Kier molecular flexibility index (Phi) is 5.05. The van der Waals surface area contributed by atoms with Crippen molar-refractivity contribution >= 4 is 0 Å². The molecule has 20 heavy (non-hydrogen) atoms. The fourth-order valence-electron chi connectivity index (χ4n) is 2.35. The van der Waals surface area contributed by atoms with Crippen molar-refractivity contribution in [3.8, 4) is 22.6 Å². The molecule has 0 amide bonds. The Bertz CT molecular complexity index is 522. The molecule has 0 N–H and O–H groups in total. The Hall–Kier alpha value is -1.96. The van der Waals surface area contributed by atoms with Gasteiger partial charge in [0.2, 0.25) is 0 Å². The molecule has 0 fully saturated rings. The van der Waals surface area contributed by atoms with Gasteiger partial charge in [-0.2, -0.15) is 0 Å². The molecule has 0 bridgehead atoms. The van der Waals surface area contributed by atoms with Gasteiger partial charge in [-0.1, -0.05) is 43.7 Å². The van der Waals surface area contributed by atoms with Crippen LogP contribution in [-0.4, -0.2) is 14.2 Å². The average molecular weight is 270 g/mol. The molecule has 0 spiro atoms. The van der Waals surface area contributed by atoms with Crippen LogP contribution in [0, 0.1) is 0 Å². The number of hydrogen-bond donors (Lipinski definition) is 0. The summed E-state index contributed by atoms with van der Waals surface area (Å²) in [7, 11) is 3.38. The Balaban J connectivity index is 2.35. The topological polar surface area (TPSA) is 18.5 Å². The molecule has 0 radical (unpaired) electrons. The summed E-state index contributed by atoms with van der Waals surface area (Å²) in [5.41, 5.74) is 3.52. The van der Waals surface area contributed by atoms with E-state index in [9.17, 15) is 0 Å². The molecule has 2 heteroatoms. The van der Waals surface area contributed by atoms with Crippen LogP contribution in [0.25, 0.3) is 11.1 Å². The van der Waals surface area contributed by atoms with Crippen LogP contribution in [0.15, 0.2) is 42.5 Å². The normalized spacial score (nSPS) is 10.3. The van der Waals surface area contributed by atoms with Crippen molar-refractivity contribution in [3.05, 3.63) is 48.0 Å². The van der Waals surface area contributed by atoms with E-state index in [2.05, 4.69) is 31.2 Å². The van der Waals surface area contributed by atoms with Gasteiger partial charge in [0.15, 0.2) is 0 Å². The van der Waals surface area contributed by atoms with Crippen LogP contribution in [0.3, 0.4) is 0 Å². The molecule has 0 atom stereocenters.